The summed E-state index contributed by atoms with van der Waals surface area (Å²) in [6.45, 7) is 5.56. The van der Waals surface area contributed by atoms with Crippen LogP contribution >= 0.6 is 11.3 Å². The lowest BCUT2D eigenvalue weighted by Crippen LogP contribution is -2.44. The lowest BCUT2D eigenvalue weighted by Gasteiger charge is -2.35. The second-order valence-electron chi connectivity index (χ2n) is 6.66. The van der Waals surface area contributed by atoms with Gasteiger partial charge in [-0.2, -0.15) is 0 Å². The molecule has 0 aliphatic carbocycles. The van der Waals surface area contributed by atoms with Crippen LogP contribution in [-0.2, 0) is 17.8 Å². The zero-order chi connectivity index (χ0) is 17.6. The molecule has 1 amide bonds. The van der Waals surface area contributed by atoms with E-state index in [0.29, 0.717) is 19.1 Å². The van der Waals surface area contributed by atoms with E-state index in [-0.39, 0.29) is 5.91 Å². The zero-order valence-electron chi connectivity index (χ0n) is 15.0. The van der Waals surface area contributed by atoms with E-state index in [1.165, 1.54) is 12.0 Å². The number of hydrogen-bond donors (Lipinski definition) is 0. The molecule has 1 fully saturated rings. The molecule has 1 atom stereocenters. The quantitative estimate of drug-likeness (QED) is 0.770. The van der Waals surface area contributed by atoms with Crippen molar-refractivity contribution in [3.8, 4) is 5.75 Å². The van der Waals surface area contributed by atoms with Crippen LogP contribution in [0.15, 0.2) is 29.6 Å². The van der Waals surface area contributed by atoms with Crippen LogP contribution in [0.4, 0.5) is 0 Å². The Balaban J connectivity index is 1.54. The fourth-order valence-electron chi connectivity index (χ4n) is 3.29. The highest BCUT2D eigenvalue weighted by atomic mass is 32.1. The number of hydrogen-bond acceptors (Lipinski definition) is 4. The first-order valence-corrected chi connectivity index (χ1v) is 9.96. The number of thiazole rings is 1. The molecule has 2 heterocycles. The molecule has 1 aromatic carbocycles. The van der Waals surface area contributed by atoms with Crippen molar-refractivity contribution >= 4 is 17.2 Å². The van der Waals surface area contributed by atoms with Crippen LogP contribution in [0.25, 0.3) is 0 Å². The van der Waals surface area contributed by atoms with E-state index in [1.54, 1.807) is 11.3 Å². The molecule has 2 aromatic rings. The van der Waals surface area contributed by atoms with Crippen molar-refractivity contribution in [2.75, 3.05) is 6.54 Å². The van der Waals surface area contributed by atoms with Crippen molar-refractivity contribution in [2.24, 2.45) is 0 Å². The maximum absolute atomic E-state index is 12.6. The topological polar surface area (TPSA) is 42.4 Å². The van der Waals surface area contributed by atoms with Crippen molar-refractivity contribution in [3.63, 3.8) is 0 Å². The van der Waals surface area contributed by atoms with Crippen LogP contribution in [-0.4, -0.2) is 28.4 Å². The van der Waals surface area contributed by atoms with Crippen molar-refractivity contribution in [1.82, 2.24) is 9.88 Å². The van der Waals surface area contributed by atoms with Crippen molar-refractivity contribution in [1.29, 1.82) is 0 Å². The van der Waals surface area contributed by atoms with Crippen molar-refractivity contribution in [3.05, 3.63) is 45.9 Å². The number of rotatable bonds is 6. The van der Waals surface area contributed by atoms with Gasteiger partial charge in [0.2, 0.25) is 5.91 Å². The number of likely N-dealkylation sites (tertiary alicyclic amines) is 1. The fourth-order valence-corrected chi connectivity index (χ4v) is 3.99. The number of ether oxygens (including phenoxy) is 1. The molecule has 1 aliphatic rings. The number of carbonyl (C=O) groups excluding carboxylic acids is 1. The molecule has 3 rings (SSSR count). The summed E-state index contributed by atoms with van der Waals surface area (Å²) in [5.41, 5.74) is 2.07. The first-order chi connectivity index (χ1) is 12.2. The third-order valence-corrected chi connectivity index (χ3v) is 5.60. The average molecular weight is 359 g/mol. The normalized spacial score (nSPS) is 17.5. The molecule has 1 aromatic heterocycles. The lowest BCUT2D eigenvalue weighted by molar-refractivity contribution is -0.134. The number of benzene rings is 1. The molecule has 0 N–H and O–H groups in total. The number of amides is 1. The highest BCUT2D eigenvalue weighted by Crippen LogP contribution is 2.21. The molecule has 1 saturated heterocycles. The number of aryl methyl sites for hydroxylation is 1. The van der Waals surface area contributed by atoms with Gasteiger partial charge in [-0.15, -0.1) is 11.3 Å². The van der Waals surface area contributed by atoms with Crippen LogP contribution in [0.5, 0.6) is 5.75 Å². The Morgan fingerprint density at radius 1 is 1.32 bits per heavy atom. The van der Waals surface area contributed by atoms with Gasteiger partial charge >= 0.3 is 0 Å². The summed E-state index contributed by atoms with van der Waals surface area (Å²) >= 11 is 1.56. The monoisotopic (exact) mass is 358 g/mol. The SMILES string of the molecule is CCC1CCCCN1C(=O)Cc1csc(COc2ccc(C)cc2)n1. The van der Waals surface area contributed by atoms with Crippen molar-refractivity contribution in [2.45, 2.75) is 58.6 Å². The van der Waals surface area contributed by atoms with E-state index < -0.39 is 0 Å². The molecule has 0 radical (unpaired) electrons. The minimum Gasteiger partial charge on any atom is -0.486 e. The summed E-state index contributed by atoms with van der Waals surface area (Å²) in [4.78, 5) is 19.3. The number of nitrogens with zero attached hydrogens (tertiary/aromatic N) is 2. The van der Waals surface area contributed by atoms with E-state index in [9.17, 15) is 4.79 Å². The lowest BCUT2D eigenvalue weighted by atomic mass is 9.99. The number of carbonyl (C=O) groups is 1. The smallest absolute Gasteiger partial charge is 0.228 e. The standard InChI is InChI=1S/C20H26N2O2S/c1-3-17-6-4-5-11-22(17)20(23)12-16-14-25-19(21-16)13-24-18-9-7-15(2)8-10-18/h7-10,14,17H,3-6,11-13H2,1-2H3. The first-order valence-electron chi connectivity index (χ1n) is 9.08. The van der Waals surface area contributed by atoms with Gasteiger partial charge in [0.25, 0.3) is 0 Å². The summed E-state index contributed by atoms with van der Waals surface area (Å²) in [7, 11) is 0. The molecule has 1 unspecified atom stereocenters. The summed E-state index contributed by atoms with van der Waals surface area (Å²) in [6, 6.07) is 8.40. The second kappa shape index (κ2) is 8.48. The average Bonchev–Trinajstić information content (AvgIpc) is 3.08. The molecule has 134 valence electrons. The third kappa shape index (κ3) is 4.82. The Bertz CT molecular complexity index is 696. The Kier molecular flexibility index (Phi) is 6.08. The van der Waals surface area contributed by atoms with Gasteiger partial charge in [-0.25, -0.2) is 4.98 Å². The van der Waals surface area contributed by atoms with Crippen LogP contribution in [0, 0.1) is 6.92 Å². The highest BCUT2D eigenvalue weighted by molar-refractivity contribution is 7.09. The van der Waals surface area contributed by atoms with Crippen molar-refractivity contribution < 1.29 is 9.53 Å². The molecular formula is C20H26N2O2S. The molecule has 4 nitrogen and oxygen atoms in total. The molecule has 25 heavy (non-hydrogen) atoms. The van der Waals surface area contributed by atoms with Gasteiger partial charge in [0.05, 0.1) is 12.1 Å². The molecule has 0 spiro atoms. The van der Waals surface area contributed by atoms with Crippen LogP contribution in [0.1, 0.15) is 48.9 Å². The molecule has 5 heteroatoms. The van der Waals surface area contributed by atoms with Gasteiger partial charge in [-0.3, -0.25) is 4.79 Å². The maximum Gasteiger partial charge on any atom is 0.228 e. The second-order valence-corrected chi connectivity index (χ2v) is 7.60. The molecule has 0 bridgehead atoms. The molecule has 1 aliphatic heterocycles. The van der Waals surface area contributed by atoms with Gasteiger partial charge in [0.15, 0.2) is 0 Å². The van der Waals surface area contributed by atoms with Gasteiger partial charge in [-0.05, 0) is 44.7 Å². The summed E-state index contributed by atoms with van der Waals surface area (Å²) < 4.78 is 5.77. The van der Waals surface area contributed by atoms with Crippen LogP contribution in [0.2, 0.25) is 0 Å². The summed E-state index contributed by atoms with van der Waals surface area (Å²) in [5.74, 6) is 1.06. The van der Waals surface area contributed by atoms with E-state index in [1.807, 2.05) is 29.6 Å². The zero-order valence-corrected chi connectivity index (χ0v) is 15.8. The van der Waals surface area contributed by atoms with E-state index in [0.717, 1.165) is 42.3 Å². The Morgan fingerprint density at radius 2 is 2.12 bits per heavy atom. The molecule has 0 saturated carbocycles. The Labute approximate surface area is 153 Å². The largest absolute Gasteiger partial charge is 0.486 e. The minimum absolute atomic E-state index is 0.211. The minimum atomic E-state index is 0.211. The summed E-state index contributed by atoms with van der Waals surface area (Å²) in [6.07, 6.45) is 4.93. The molecular weight excluding hydrogens is 332 g/mol. The first kappa shape index (κ1) is 17.9. The Morgan fingerprint density at radius 3 is 2.88 bits per heavy atom. The number of piperidine rings is 1. The van der Waals surface area contributed by atoms with Crippen LogP contribution in [0.3, 0.4) is 0 Å². The van der Waals surface area contributed by atoms with E-state index in [4.69, 9.17) is 4.74 Å². The highest BCUT2D eigenvalue weighted by Gasteiger charge is 2.25. The predicted octanol–water partition coefficient (Wildman–Crippen LogP) is 4.36. The maximum atomic E-state index is 12.6. The van der Waals surface area contributed by atoms with Gasteiger partial charge in [-0.1, -0.05) is 24.6 Å². The Hall–Kier alpha value is -1.88. The van der Waals surface area contributed by atoms with Crippen LogP contribution < -0.4 is 4.74 Å². The van der Waals surface area contributed by atoms with E-state index in [2.05, 4.69) is 23.7 Å². The van der Waals surface area contributed by atoms with Gasteiger partial charge in [0.1, 0.15) is 17.4 Å². The predicted molar refractivity (Wildman–Crippen MR) is 101 cm³/mol. The van der Waals surface area contributed by atoms with Gasteiger partial charge in [0, 0.05) is 18.0 Å². The number of aromatic nitrogens is 1. The summed E-state index contributed by atoms with van der Waals surface area (Å²) in [5, 5.41) is 2.89. The fraction of sp³-hybridized carbons (Fsp3) is 0.500. The van der Waals surface area contributed by atoms with E-state index >= 15 is 0 Å². The third-order valence-electron chi connectivity index (χ3n) is 4.73. The van der Waals surface area contributed by atoms with Gasteiger partial charge < -0.3 is 9.64 Å².